The van der Waals surface area contributed by atoms with Crippen LogP contribution in [0.2, 0.25) is 0 Å². The van der Waals surface area contributed by atoms with E-state index in [-0.39, 0.29) is 18.3 Å². The van der Waals surface area contributed by atoms with Gasteiger partial charge in [-0.3, -0.25) is 0 Å². The molecule has 0 fully saturated rings. The standard InChI is InChI=1S/C50H46N4O6S/c1-31-18-19-40(51)48(3)33-11-9-17-39(29-33)60-61(55,56)59-38-16-8-10-32(28-38)47(31,2)41-20-22-43(52-41)49(4)34-12-6-14-36(26-34)57-30-58-37-15-7-13-35(27-37)50(5,44-23-21-42(48)53-44)46-25-24-45(49)54-46/h6-29,52-54H,30,51H2,1-5H3/b31-18+,40-19+/t47-,48-,49+,50-/m0/s1. The van der Waals surface area contributed by atoms with Gasteiger partial charge in [0.2, 0.25) is 6.79 Å². The van der Waals surface area contributed by atoms with E-state index >= 15 is 0 Å². The second kappa shape index (κ2) is 13.6. The monoisotopic (exact) mass is 830 g/mol. The van der Waals surface area contributed by atoms with Crippen molar-refractivity contribution in [2.45, 2.75) is 56.3 Å². The summed E-state index contributed by atoms with van der Waals surface area (Å²) in [4.78, 5) is 11.7. The van der Waals surface area contributed by atoms with Gasteiger partial charge in [0.05, 0.1) is 21.7 Å². The first-order valence-electron chi connectivity index (χ1n) is 20.3. The van der Waals surface area contributed by atoms with E-state index in [1.807, 2.05) is 49.4 Å². The minimum absolute atomic E-state index is 0.0179. The SMILES string of the molecule is C/C1=C\C=C(\N)[C@]2(C)c3cccc(c3)OS(=O)(=O)Oc3cccc(c3)[C@@]1(C)c1ccc([nH]1)[C@@]1(C)c3cccc(c3)OCOc3cccc(c3)[C@@](C)(c3ccc2[nH]3)c2ccc1[nH]2. The van der Waals surface area contributed by atoms with Gasteiger partial charge >= 0.3 is 10.4 Å². The minimum Gasteiger partial charge on any atom is -0.457 e. The quantitative estimate of drug-likeness (QED) is 0.119. The average Bonchev–Trinajstić information content (AvgIpc) is 4.07. The van der Waals surface area contributed by atoms with Crippen LogP contribution < -0.4 is 23.6 Å². The van der Waals surface area contributed by atoms with Crippen molar-refractivity contribution in [3.05, 3.63) is 213 Å². The molecule has 0 spiro atoms. The van der Waals surface area contributed by atoms with Gasteiger partial charge in [-0.2, -0.15) is 0 Å². The number of hydrogen-bond acceptors (Lipinski definition) is 7. The van der Waals surface area contributed by atoms with Crippen LogP contribution in [0.15, 0.2) is 157 Å². The molecule has 5 N–H and O–H groups in total. The second-order valence-electron chi connectivity index (χ2n) is 16.9. The van der Waals surface area contributed by atoms with Crippen molar-refractivity contribution < 1.29 is 26.3 Å². The van der Waals surface area contributed by atoms with Gasteiger partial charge in [-0.15, -0.1) is 8.42 Å². The number of aromatic nitrogens is 3. The van der Waals surface area contributed by atoms with Crippen molar-refractivity contribution in [1.29, 1.82) is 0 Å². The largest absolute Gasteiger partial charge is 0.500 e. The van der Waals surface area contributed by atoms with Crippen molar-refractivity contribution >= 4 is 10.4 Å². The number of hydrogen-bond donors (Lipinski definition) is 4. The molecule has 308 valence electrons. The fourth-order valence-electron chi connectivity index (χ4n) is 9.40. The molecule has 61 heavy (non-hydrogen) atoms. The molecule has 4 atom stereocenters. The number of ether oxygens (including phenoxy) is 2. The van der Waals surface area contributed by atoms with Gasteiger partial charge < -0.3 is 38.5 Å². The minimum atomic E-state index is -4.58. The number of nitrogens with two attached hydrogens (primary N) is 1. The fraction of sp³-hybridized carbons (Fsp3) is 0.200. The molecule has 3 aliphatic heterocycles. The molecule has 4 aromatic carbocycles. The third-order valence-corrected chi connectivity index (χ3v) is 14.5. The summed E-state index contributed by atoms with van der Waals surface area (Å²) in [6, 6.07) is 43.0. The summed E-state index contributed by atoms with van der Waals surface area (Å²) in [5.74, 6) is 1.53. The Hall–Kier alpha value is -6.85. The van der Waals surface area contributed by atoms with E-state index < -0.39 is 32.1 Å². The highest BCUT2D eigenvalue weighted by atomic mass is 32.3. The van der Waals surface area contributed by atoms with E-state index in [0.29, 0.717) is 22.8 Å². The first kappa shape index (κ1) is 38.4. The molecule has 3 aromatic heterocycles. The van der Waals surface area contributed by atoms with Crippen molar-refractivity contribution in [3.8, 4) is 23.0 Å². The molecule has 11 heteroatoms. The third-order valence-electron chi connectivity index (χ3n) is 13.7. The van der Waals surface area contributed by atoms with Gasteiger partial charge in [0, 0.05) is 39.9 Å². The highest BCUT2D eigenvalue weighted by Crippen LogP contribution is 2.48. The smallest absolute Gasteiger partial charge is 0.457 e. The summed E-state index contributed by atoms with van der Waals surface area (Å²) in [6.07, 6.45) is 4.02. The third kappa shape index (κ3) is 5.93. The van der Waals surface area contributed by atoms with Crippen LogP contribution in [-0.2, 0) is 32.1 Å². The zero-order valence-electron chi connectivity index (χ0n) is 34.5. The van der Waals surface area contributed by atoms with Gasteiger partial charge in [0.25, 0.3) is 0 Å². The Morgan fingerprint density at radius 2 is 0.820 bits per heavy atom. The number of benzene rings is 4. The highest BCUT2D eigenvalue weighted by Gasteiger charge is 2.43. The Balaban J connectivity index is 1.34. The Kier molecular flexibility index (Phi) is 8.54. The van der Waals surface area contributed by atoms with Gasteiger partial charge in [0.1, 0.15) is 23.0 Å². The van der Waals surface area contributed by atoms with Crippen LogP contribution in [0.3, 0.4) is 0 Å². The molecule has 10 nitrogen and oxygen atoms in total. The van der Waals surface area contributed by atoms with Gasteiger partial charge in [-0.05, 0) is 148 Å². The number of rotatable bonds is 0. The molecule has 10 rings (SSSR count). The maximum absolute atomic E-state index is 13.7. The number of allylic oxidation sites excluding steroid dienone is 4. The van der Waals surface area contributed by atoms with Crippen LogP contribution in [-0.4, -0.2) is 30.2 Å². The molecular formula is C50H46N4O6S. The lowest BCUT2D eigenvalue weighted by atomic mass is 9.73. The molecule has 7 aromatic rings. The predicted molar refractivity (Wildman–Crippen MR) is 234 cm³/mol. The van der Waals surface area contributed by atoms with E-state index in [9.17, 15) is 8.42 Å². The summed E-state index contributed by atoms with van der Waals surface area (Å²) in [6.45, 7) is 10.6. The maximum atomic E-state index is 13.7. The Morgan fingerprint density at radius 1 is 0.475 bits per heavy atom. The molecule has 0 radical (unpaired) electrons. The predicted octanol–water partition coefficient (Wildman–Crippen LogP) is 9.54. The van der Waals surface area contributed by atoms with Crippen LogP contribution in [0.5, 0.6) is 23.0 Å². The van der Waals surface area contributed by atoms with E-state index in [2.05, 4.69) is 109 Å². The first-order valence-corrected chi connectivity index (χ1v) is 21.6. The fourth-order valence-corrected chi connectivity index (χ4v) is 10.1. The molecule has 0 saturated carbocycles. The molecule has 0 aliphatic carbocycles. The Bertz CT molecular complexity index is 2850. The average molecular weight is 831 g/mol. The Morgan fingerprint density at radius 3 is 1.26 bits per heavy atom. The van der Waals surface area contributed by atoms with Gasteiger partial charge in [-0.25, -0.2) is 0 Å². The van der Waals surface area contributed by atoms with Crippen LogP contribution >= 0.6 is 0 Å². The zero-order chi connectivity index (χ0) is 42.4. The van der Waals surface area contributed by atoms with Crippen molar-refractivity contribution in [1.82, 2.24) is 15.0 Å². The van der Waals surface area contributed by atoms with Crippen molar-refractivity contribution in [3.63, 3.8) is 0 Å². The van der Waals surface area contributed by atoms with E-state index in [4.69, 9.17) is 23.6 Å². The molecule has 0 unspecified atom stereocenters. The lowest BCUT2D eigenvalue weighted by Gasteiger charge is -2.33. The van der Waals surface area contributed by atoms with Crippen molar-refractivity contribution in [2.24, 2.45) is 5.73 Å². The summed E-state index contributed by atoms with van der Waals surface area (Å²) < 4.78 is 51.1. The second-order valence-corrected chi connectivity index (χ2v) is 18.1. The lowest BCUT2D eigenvalue weighted by Crippen LogP contribution is -2.33. The van der Waals surface area contributed by atoms with Gasteiger partial charge in [-0.1, -0.05) is 60.2 Å². The normalized spacial score (nSPS) is 26.8. The number of aromatic amines is 3. The number of H-pyrrole nitrogens is 3. The summed E-state index contributed by atoms with van der Waals surface area (Å²) in [5.41, 5.74) is 14.2. The van der Waals surface area contributed by atoms with Crippen LogP contribution in [0.1, 0.15) is 91.0 Å². The molecule has 6 heterocycles. The molecule has 0 saturated heterocycles. The van der Waals surface area contributed by atoms with Crippen molar-refractivity contribution in [2.75, 3.05) is 6.79 Å². The van der Waals surface area contributed by atoms with E-state index in [1.165, 1.54) is 0 Å². The topological polar surface area (TPSA) is 144 Å². The van der Waals surface area contributed by atoms with Crippen LogP contribution in [0.4, 0.5) is 0 Å². The first-order chi connectivity index (χ1) is 29.2. The zero-order valence-corrected chi connectivity index (χ0v) is 35.3. The lowest BCUT2D eigenvalue weighted by molar-refractivity contribution is 0.119. The highest BCUT2D eigenvalue weighted by molar-refractivity contribution is 7.82. The molecule has 0 amide bonds. The van der Waals surface area contributed by atoms with E-state index in [0.717, 1.165) is 56.4 Å². The number of fused-ring (bicyclic) bond motifs is 23. The Labute approximate surface area is 355 Å². The van der Waals surface area contributed by atoms with Crippen LogP contribution in [0.25, 0.3) is 0 Å². The molecular weight excluding hydrogens is 785 g/mol. The summed E-state index contributed by atoms with van der Waals surface area (Å²) in [5, 5.41) is 0. The van der Waals surface area contributed by atoms with Gasteiger partial charge in [0.15, 0.2) is 0 Å². The molecule has 3 aliphatic rings. The van der Waals surface area contributed by atoms with E-state index in [1.54, 1.807) is 36.4 Å². The van der Waals surface area contributed by atoms with Crippen LogP contribution in [0, 0.1) is 0 Å². The molecule has 18 bridgehead atoms. The summed E-state index contributed by atoms with van der Waals surface area (Å²) >= 11 is 0. The maximum Gasteiger partial charge on any atom is 0.500 e. The summed E-state index contributed by atoms with van der Waals surface area (Å²) in [7, 11) is -4.58. The number of nitrogens with one attached hydrogen (secondary N) is 3.